The van der Waals surface area contributed by atoms with Crippen LogP contribution in [0, 0.1) is 17.8 Å². The maximum absolute atomic E-state index is 12.6. The van der Waals surface area contributed by atoms with Gasteiger partial charge in [0.25, 0.3) is 0 Å². The third-order valence-corrected chi connectivity index (χ3v) is 6.28. The zero-order chi connectivity index (χ0) is 19.2. The van der Waals surface area contributed by atoms with Crippen molar-refractivity contribution < 1.29 is 19.5 Å². The third-order valence-electron chi connectivity index (χ3n) is 6.28. The van der Waals surface area contributed by atoms with Gasteiger partial charge in [-0.15, -0.1) is 12.4 Å². The molecule has 0 bridgehead atoms. The fraction of sp³-hybridized carbons (Fsp3) is 0.850. The summed E-state index contributed by atoms with van der Waals surface area (Å²) in [5, 5.41) is 15.4. The van der Waals surface area contributed by atoms with Crippen molar-refractivity contribution in [1.82, 2.24) is 15.5 Å². The molecule has 160 valence electrons. The monoisotopic (exact) mass is 415 g/mol. The number of hydrogen-bond acceptors (Lipinski definition) is 4. The van der Waals surface area contributed by atoms with Gasteiger partial charge in [-0.1, -0.05) is 0 Å². The SMILES string of the molecule is Cl.O=C(O)CC(NC(=O)[C@@H]1CCCN(C(=O)CCC2CCNCC2)C1)C1CC1. The van der Waals surface area contributed by atoms with E-state index in [9.17, 15) is 14.4 Å². The third kappa shape index (κ3) is 6.92. The van der Waals surface area contributed by atoms with Gasteiger partial charge in [-0.2, -0.15) is 0 Å². The lowest BCUT2D eigenvalue weighted by Crippen LogP contribution is -2.48. The summed E-state index contributed by atoms with van der Waals surface area (Å²) in [4.78, 5) is 38.1. The molecule has 3 rings (SSSR count). The molecule has 0 radical (unpaired) electrons. The Kier molecular flexibility index (Phi) is 9.02. The Morgan fingerprint density at radius 3 is 2.46 bits per heavy atom. The number of carbonyl (C=O) groups excluding carboxylic acids is 2. The fourth-order valence-corrected chi connectivity index (χ4v) is 4.40. The van der Waals surface area contributed by atoms with E-state index in [2.05, 4.69) is 10.6 Å². The van der Waals surface area contributed by atoms with Gasteiger partial charge >= 0.3 is 5.97 Å². The standard InChI is InChI=1S/C20H33N3O4.ClH/c24-18(6-3-14-7-9-21-10-8-14)23-11-1-2-16(13-23)20(27)22-17(12-19(25)26)15-4-5-15;/h14-17,21H,1-13H2,(H,22,27)(H,25,26);1H/t16-,17?;/m1./s1. The summed E-state index contributed by atoms with van der Waals surface area (Å²) < 4.78 is 0. The van der Waals surface area contributed by atoms with E-state index in [0.717, 1.165) is 64.6 Å². The number of amides is 2. The Morgan fingerprint density at radius 2 is 1.82 bits per heavy atom. The molecule has 1 aliphatic carbocycles. The number of aliphatic carboxylic acids is 1. The van der Waals surface area contributed by atoms with Crippen LogP contribution >= 0.6 is 12.4 Å². The highest BCUT2D eigenvalue weighted by atomic mass is 35.5. The van der Waals surface area contributed by atoms with Crippen molar-refractivity contribution in [2.45, 2.75) is 63.8 Å². The minimum Gasteiger partial charge on any atom is -0.481 e. The number of carboxylic acid groups (broad SMARTS) is 1. The molecule has 1 unspecified atom stereocenters. The number of carboxylic acids is 1. The van der Waals surface area contributed by atoms with Crippen LogP contribution in [-0.4, -0.2) is 60.0 Å². The van der Waals surface area contributed by atoms with E-state index in [1.54, 1.807) is 0 Å². The molecule has 3 aliphatic rings. The normalized spacial score (nSPS) is 24.1. The molecule has 3 N–H and O–H groups in total. The fourth-order valence-electron chi connectivity index (χ4n) is 4.40. The summed E-state index contributed by atoms with van der Waals surface area (Å²) >= 11 is 0. The molecule has 0 aromatic heterocycles. The van der Waals surface area contributed by atoms with Crippen LogP contribution in [0.3, 0.4) is 0 Å². The topological polar surface area (TPSA) is 98.7 Å². The van der Waals surface area contributed by atoms with Crippen LogP contribution in [0.2, 0.25) is 0 Å². The number of carbonyl (C=O) groups is 3. The molecule has 7 nitrogen and oxygen atoms in total. The van der Waals surface area contributed by atoms with Gasteiger partial charge in [-0.05, 0) is 69.9 Å². The number of piperidine rings is 2. The first-order valence-electron chi connectivity index (χ1n) is 10.5. The summed E-state index contributed by atoms with van der Waals surface area (Å²) in [5.74, 6) is -0.0627. The molecule has 0 aromatic carbocycles. The summed E-state index contributed by atoms with van der Waals surface area (Å²) in [7, 11) is 0. The number of hydrogen-bond donors (Lipinski definition) is 3. The predicted octanol–water partition coefficient (Wildman–Crippen LogP) is 1.80. The number of rotatable bonds is 8. The lowest BCUT2D eigenvalue weighted by atomic mass is 9.92. The van der Waals surface area contributed by atoms with Crippen LogP contribution in [0.1, 0.15) is 57.8 Å². The zero-order valence-corrected chi connectivity index (χ0v) is 17.3. The molecule has 2 atom stereocenters. The van der Waals surface area contributed by atoms with Crippen molar-refractivity contribution >= 4 is 30.2 Å². The van der Waals surface area contributed by atoms with Crippen LogP contribution in [0.25, 0.3) is 0 Å². The van der Waals surface area contributed by atoms with Crippen molar-refractivity contribution in [3.05, 3.63) is 0 Å². The van der Waals surface area contributed by atoms with Gasteiger partial charge in [0, 0.05) is 25.6 Å². The van der Waals surface area contributed by atoms with E-state index >= 15 is 0 Å². The van der Waals surface area contributed by atoms with Crippen molar-refractivity contribution in [3.63, 3.8) is 0 Å². The van der Waals surface area contributed by atoms with Gasteiger partial charge in [-0.25, -0.2) is 0 Å². The minimum absolute atomic E-state index is 0. The number of nitrogens with zero attached hydrogens (tertiary/aromatic N) is 1. The molecule has 2 amide bonds. The van der Waals surface area contributed by atoms with E-state index in [1.807, 2.05) is 4.90 Å². The van der Waals surface area contributed by atoms with Crippen molar-refractivity contribution in [2.75, 3.05) is 26.2 Å². The molecule has 2 heterocycles. The highest BCUT2D eigenvalue weighted by Gasteiger charge is 2.36. The van der Waals surface area contributed by atoms with Gasteiger partial charge in [0.15, 0.2) is 0 Å². The molecule has 0 aromatic rings. The van der Waals surface area contributed by atoms with Gasteiger partial charge in [0.05, 0.1) is 12.3 Å². The molecule has 28 heavy (non-hydrogen) atoms. The number of nitrogens with one attached hydrogen (secondary N) is 2. The predicted molar refractivity (Wildman–Crippen MR) is 108 cm³/mol. The van der Waals surface area contributed by atoms with E-state index in [-0.39, 0.29) is 42.6 Å². The van der Waals surface area contributed by atoms with Gasteiger partial charge in [-0.3, -0.25) is 14.4 Å². The van der Waals surface area contributed by atoms with Crippen molar-refractivity contribution in [2.24, 2.45) is 17.8 Å². The zero-order valence-electron chi connectivity index (χ0n) is 16.5. The minimum atomic E-state index is -0.870. The average molecular weight is 416 g/mol. The van der Waals surface area contributed by atoms with E-state index < -0.39 is 5.97 Å². The van der Waals surface area contributed by atoms with Crippen LogP contribution in [0.5, 0.6) is 0 Å². The Morgan fingerprint density at radius 1 is 1.11 bits per heavy atom. The molecular formula is C20H34ClN3O4. The highest BCUT2D eigenvalue weighted by molar-refractivity contribution is 5.85. The van der Waals surface area contributed by atoms with Crippen molar-refractivity contribution in [1.29, 1.82) is 0 Å². The number of likely N-dealkylation sites (tertiary alicyclic amines) is 1. The van der Waals surface area contributed by atoms with Gasteiger partial charge < -0.3 is 20.6 Å². The maximum Gasteiger partial charge on any atom is 0.305 e. The highest BCUT2D eigenvalue weighted by Crippen LogP contribution is 2.34. The first-order chi connectivity index (χ1) is 13.0. The largest absolute Gasteiger partial charge is 0.481 e. The molecule has 1 saturated carbocycles. The molecule has 2 aliphatic heterocycles. The van der Waals surface area contributed by atoms with Crippen LogP contribution in [0.4, 0.5) is 0 Å². The van der Waals surface area contributed by atoms with Crippen LogP contribution < -0.4 is 10.6 Å². The summed E-state index contributed by atoms with van der Waals surface area (Å²) in [6.45, 7) is 3.30. The van der Waals surface area contributed by atoms with Crippen LogP contribution in [-0.2, 0) is 14.4 Å². The average Bonchev–Trinajstić information content (AvgIpc) is 3.51. The van der Waals surface area contributed by atoms with E-state index in [1.165, 1.54) is 0 Å². The summed E-state index contributed by atoms with van der Waals surface area (Å²) in [6.07, 6.45) is 7.38. The Balaban J connectivity index is 0.00000280. The second kappa shape index (κ2) is 11.0. The lowest BCUT2D eigenvalue weighted by molar-refractivity contribution is -0.138. The maximum atomic E-state index is 12.6. The second-order valence-electron chi connectivity index (χ2n) is 8.46. The second-order valence-corrected chi connectivity index (χ2v) is 8.46. The molecule has 0 spiro atoms. The Bertz CT molecular complexity index is 550. The van der Waals surface area contributed by atoms with Gasteiger partial charge in [0.2, 0.25) is 11.8 Å². The number of halogens is 1. The smallest absolute Gasteiger partial charge is 0.305 e. The van der Waals surface area contributed by atoms with Crippen LogP contribution in [0.15, 0.2) is 0 Å². The van der Waals surface area contributed by atoms with Gasteiger partial charge in [0.1, 0.15) is 0 Å². The first-order valence-corrected chi connectivity index (χ1v) is 10.5. The van der Waals surface area contributed by atoms with Crippen molar-refractivity contribution in [3.8, 4) is 0 Å². The molecular weight excluding hydrogens is 382 g/mol. The quantitative estimate of drug-likeness (QED) is 0.561. The molecule has 3 fully saturated rings. The molecule has 8 heteroatoms. The first kappa shape index (κ1) is 22.9. The van der Waals surface area contributed by atoms with E-state index in [4.69, 9.17) is 5.11 Å². The summed E-state index contributed by atoms with van der Waals surface area (Å²) in [5.41, 5.74) is 0. The van der Waals surface area contributed by atoms with E-state index in [0.29, 0.717) is 24.8 Å². The Labute approximate surface area is 173 Å². The molecule has 2 saturated heterocycles. The Hall–Kier alpha value is -1.34. The summed E-state index contributed by atoms with van der Waals surface area (Å²) in [6, 6.07) is -0.263. The lowest BCUT2D eigenvalue weighted by Gasteiger charge is -2.33.